The second kappa shape index (κ2) is 6.72. The molecule has 0 radical (unpaired) electrons. The van der Waals surface area contributed by atoms with E-state index >= 15 is 0 Å². The Morgan fingerprint density at radius 3 is 2.16 bits per heavy atom. The molecule has 0 aromatic heterocycles. The van der Waals surface area contributed by atoms with Gasteiger partial charge in [0.1, 0.15) is 5.75 Å². The molecular formula is C12H14O7. The minimum atomic E-state index is -2.12. The van der Waals surface area contributed by atoms with Gasteiger partial charge in [-0.15, -0.1) is 0 Å². The minimum Gasteiger partial charge on any atom is -0.497 e. The molecule has 1 aromatic carbocycles. The van der Waals surface area contributed by atoms with Crippen molar-refractivity contribution in [3.05, 3.63) is 29.8 Å². The third-order valence-electron chi connectivity index (χ3n) is 2.37. The molecule has 0 saturated heterocycles. The van der Waals surface area contributed by atoms with Crippen LogP contribution in [0.2, 0.25) is 0 Å². The van der Waals surface area contributed by atoms with E-state index < -0.39 is 24.1 Å². The van der Waals surface area contributed by atoms with E-state index in [-0.39, 0.29) is 6.61 Å². The fourth-order valence-corrected chi connectivity index (χ4v) is 1.33. The van der Waals surface area contributed by atoms with Gasteiger partial charge in [-0.3, -0.25) is 0 Å². The number of benzene rings is 1. The number of carbonyl (C=O) groups is 2. The van der Waals surface area contributed by atoms with E-state index in [1.54, 1.807) is 24.3 Å². The van der Waals surface area contributed by atoms with E-state index in [4.69, 9.17) is 19.7 Å². The zero-order valence-electron chi connectivity index (χ0n) is 10.1. The van der Waals surface area contributed by atoms with Crippen molar-refractivity contribution in [2.45, 2.75) is 18.8 Å². The Morgan fingerprint density at radius 1 is 1.16 bits per heavy atom. The van der Waals surface area contributed by atoms with E-state index in [1.165, 1.54) is 7.11 Å². The number of aliphatic carboxylic acids is 2. The lowest BCUT2D eigenvalue weighted by Gasteiger charge is -2.16. The first-order valence-corrected chi connectivity index (χ1v) is 5.34. The van der Waals surface area contributed by atoms with Crippen molar-refractivity contribution >= 4 is 11.9 Å². The van der Waals surface area contributed by atoms with Crippen LogP contribution in [-0.4, -0.2) is 46.6 Å². The Labute approximate surface area is 109 Å². The highest BCUT2D eigenvalue weighted by atomic mass is 16.5. The molecule has 2 unspecified atom stereocenters. The maximum absolute atomic E-state index is 10.8. The molecule has 0 saturated carbocycles. The van der Waals surface area contributed by atoms with Gasteiger partial charge >= 0.3 is 11.9 Å². The monoisotopic (exact) mass is 270 g/mol. The molecule has 7 nitrogen and oxygen atoms in total. The summed E-state index contributed by atoms with van der Waals surface area (Å²) in [6, 6.07) is 6.60. The van der Waals surface area contributed by atoms with E-state index in [2.05, 4.69) is 0 Å². The van der Waals surface area contributed by atoms with Crippen molar-refractivity contribution < 1.29 is 34.4 Å². The lowest BCUT2D eigenvalue weighted by atomic mass is 10.2. The summed E-state index contributed by atoms with van der Waals surface area (Å²) in [6.07, 6.45) is -3.93. The SMILES string of the molecule is COc1ccc(COC(C(=O)O)C(O)C(=O)O)cc1. The second-order valence-corrected chi connectivity index (χ2v) is 3.70. The number of aliphatic hydroxyl groups is 1. The maximum Gasteiger partial charge on any atom is 0.336 e. The lowest BCUT2D eigenvalue weighted by molar-refractivity contribution is -0.172. The molecule has 0 aliphatic heterocycles. The summed E-state index contributed by atoms with van der Waals surface area (Å²) in [5.74, 6) is -2.56. The lowest BCUT2D eigenvalue weighted by Crippen LogP contribution is -2.41. The molecule has 104 valence electrons. The van der Waals surface area contributed by atoms with Crippen LogP contribution in [-0.2, 0) is 20.9 Å². The van der Waals surface area contributed by atoms with Crippen LogP contribution in [0.25, 0.3) is 0 Å². The first-order chi connectivity index (χ1) is 8.95. The number of carboxylic acid groups (broad SMARTS) is 2. The average molecular weight is 270 g/mol. The normalized spacial score (nSPS) is 13.6. The molecule has 0 aliphatic carbocycles. The zero-order chi connectivity index (χ0) is 14.4. The van der Waals surface area contributed by atoms with Crippen LogP contribution in [0.1, 0.15) is 5.56 Å². The molecule has 7 heteroatoms. The Hall–Kier alpha value is -2.12. The minimum absolute atomic E-state index is 0.134. The van der Waals surface area contributed by atoms with Gasteiger partial charge < -0.3 is 24.8 Å². The zero-order valence-corrected chi connectivity index (χ0v) is 10.1. The average Bonchev–Trinajstić information content (AvgIpc) is 2.39. The molecule has 3 N–H and O–H groups in total. The Morgan fingerprint density at radius 2 is 1.74 bits per heavy atom. The van der Waals surface area contributed by atoms with Crippen LogP contribution in [0.5, 0.6) is 5.75 Å². The topological polar surface area (TPSA) is 113 Å². The van der Waals surface area contributed by atoms with Crippen LogP contribution in [0, 0.1) is 0 Å². The van der Waals surface area contributed by atoms with E-state index in [9.17, 15) is 14.7 Å². The number of hydrogen-bond acceptors (Lipinski definition) is 5. The molecule has 0 amide bonds. The van der Waals surface area contributed by atoms with Gasteiger partial charge in [0.2, 0.25) is 0 Å². The molecule has 0 aliphatic rings. The summed E-state index contributed by atoms with van der Waals surface area (Å²) in [5, 5.41) is 26.5. The van der Waals surface area contributed by atoms with Gasteiger partial charge in [-0.1, -0.05) is 12.1 Å². The molecule has 0 heterocycles. The third kappa shape index (κ3) is 4.23. The second-order valence-electron chi connectivity index (χ2n) is 3.70. The van der Waals surface area contributed by atoms with Crippen molar-refractivity contribution in [2.75, 3.05) is 7.11 Å². The van der Waals surface area contributed by atoms with E-state index in [0.717, 1.165) is 0 Å². The number of aliphatic hydroxyl groups excluding tert-OH is 1. The van der Waals surface area contributed by atoms with E-state index in [1.807, 2.05) is 0 Å². The molecule has 0 spiro atoms. The van der Waals surface area contributed by atoms with Crippen LogP contribution < -0.4 is 4.74 Å². The Bertz CT molecular complexity index is 440. The summed E-state index contributed by atoms with van der Waals surface area (Å²) >= 11 is 0. The van der Waals surface area contributed by atoms with Crippen LogP contribution in [0.15, 0.2) is 24.3 Å². The highest BCUT2D eigenvalue weighted by molar-refractivity contribution is 5.83. The molecule has 2 atom stereocenters. The fraction of sp³-hybridized carbons (Fsp3) is 0.333. The quantitative estimate of drug-likeness (QED) is 0.644. The molecule has 0 bridgehead atoms. The predicted molar refractivity (Wildman–Crippen MR) is 62.8 cm³/mol. The van der Waals surface area contributed by atoms with Crippen molar-refractivity contribution in [1.82, 2.24) is 0 Å². The van der Waals surface area contributed by atoms with Gasteiger partial charge in [-0.05, 0) is 17.7 Å². The summed E-state index contributed by atoms with van der Waals surface area (Å²) < 4.78 is 9.87. The standard InChI is InChI=1S/C12H14O7/c1-18-8-4-2-7(3-5-8)6-19-10(12(16)17)9(13)11(14)15/h2-5,9-10,13H,6H2,1H3,(H,14,15)(H,16,17). The number of hydrogen-bond donors (Lipinski definition) is 3. The number of methoxy groups -OCH3 is 1. The molecule has 1 aromatic rings. The molecular weight excluding hydrogens is 256 g/mol. The largest absolute Gasteiger partial charge is 0.497 e. The van der Waals surface area contributed by atoms with Gasteiger partial charge in [0.05, 0.1) is 13.7 Å². The van der Waals surface area contributed by atoms with Gasteiger partial charge in [-0.2, -0.15) is 0 Å². The number of carboxylic acids is 2. The van der Waals surface area contributed by atoms with Crippen molar-refractivity contribution in [2.24, 2.45) is 0 Å². The molecule has 0 fully saturated rings. The van der Waals surface area contributed by atoms with Crippen molar-refractivity contribution in [3.63, 3.8) is 0 Å². The fourth-order valence-electron chi connectivity index (χ4n) is 1.33. The Kier molecular flexibility index (Phi) is 5.28. The first kappa shape index (κ1) is 14.9. The van der Waals surface area contributed by atoms with Gasteiger partial charge in [0.25, 0.3) is 0 Å². The van der Waals surface area contributed by atoms with Gasteiger partial charge in [0, 0.05) is 0 Å². The first-order valence-electron chi connectivity index (χ1n) is 5.34. The third-order valence-corrected chi connectivity index (χ3v) is 2.37. The van der Waals surface area contributed by atoms with Crippen LogP contribution in [0.3, 0.4) is 0 Å². The Balaban J connectivity index is 2.65. The van der Waals surface area contributed by atoms with Crippen LogP contribution in [0.4, 0.5) is 0 Å². The number of ether oxygens (including phenoxy) is 2. The maximum atomic E-state index is 10.8. The smallest absolute Gasteiger partial charge is 0.336 e. The van der Waals surface area contributed by atoms with E-state index in [0.29, 0.717) is 11.3 Å². The van der Waals surface area contributed by atoms with Gasteiger partial charge in [0.15, 0.2) is 12.2 Å². The van der Waals surface area contributed by atoms with Crippen molar-refractivity contribution in [1.29, 1.82) is 0 Å². The van der Waals surface area contributed by atoms with Crippen LogP contribution >= 0.6 is 0 Å². The molecule has 1 rings (SSSR count). The van der Waals surface area contributed by atoms with Crippen molar-refractivity contribution in [3.8, 4) is 5.75 Å². The summed E-state index contributed by atoms with van der Waals surface area (Å²) in [6.45, 7) is -0.134. The summed E-state index contributed by atoms with van der Waals surface area (Å²) in [7, 11) is 1.51. The highest BCUT2D eigenvalue weighted by Gasteiger charge is 2.32. The summed E-state index contributed by atoms with van der Waals surface area (Å²) in [5.41, 5.74) is 0.629. The van der Waals surface area contributed by atoms with Gasteiger partial charge in [-0.25, -0.2) is 9.59 Å². The predicted octanol–water partition coefficient (Wildman–Crippen LogP) is 0.110. The summed E-state index contributed by atoms with van der Waals surface area (Å²) in [4.78, 5) is 21.3. The highest BCUT2D eigenvalue weighted by Crippen LogP contribution is 2.13. The molecule has 19 heavy (non-hydrogen) atoms. The number of rotatable bonds is 7.